The number of nitrogens with zero attached hydrogens (tertiary/aromatic N) is 1. The SMILES string of the molecule is C=C/C(=C\C(=C)C(C)CCN(C)C)S(F)(F)(F)(F)F. The number of hydrogen-bond donors (Lipinski definition) is 0. The zero-order valence-electron chi connectivity index (χ0n) is 11.3. The molecule has 0 N–H and O–H groups in total. The molecule has 0 bridgehead atoms. The van der Waals surface area contributed by atoms with Crippen LogP contribution >= 0.6 is 10.2 Å². The number of halogens is 5. The maximum Gasteiger partial charge on any atom is 0.310 e. The van der Waals surface area contributed by atoms with E-state index in [-0.39, 0.29) is 17.6 Å². The molecule has 0 heterocycles. The van der Waals surface area contributed by atoms with Crippen LogP contribution in [0.15, 0.2) is 35.8 Å². The van der Waals surface area contributed by atoms with E-state index in [4.69, 9.17) is 0 Å². The molecular formula is C12H20F5NS. The second-order valence-electron chi connectivity index (χ2n) is 4.79. The quantitative estimate of drug-likeness (QED) is 0.443. The van der Waals surface area contributed by atoms with Crippen molar-refractivity contribution in [1.82, 2.24) is 4.90 Å². The lowest BCUT2D eigenvalue weighted by Gasteiger charge is -2.41. The first-order valence-corrected chi connectivity index (χ1v) is 7.54. The van der Waals surface area contributed by atoms with Gasteiger partial charge in [-0.05, 0) is 45.1 Å². The fourth-order valence-electron chi connectivity index (χ4n) is 1.29. The highest BCUT2D eigenvalue weighted by Crippen LogP contribution is 3.02. The van der Waals surface area contributed by atoms with Crippen LogP contribution < -0.4 is 0 Å². The van der Waals surface area contributed by atoms with E-state index in [1.807, 2.05) is 19.0 Å². The van der Waals surface area contributed by atoms with Crippen LogP contribution in [0.1, 0.15) is 13.3 Å². The van der Waals surface area contributed by atoms with Crippen LogP contribution in [0.4, 0.5) is 19.4 Å². The second-order valence-corrected chi connectivity index (χ2v) is 7.20. The maximum atomic E-state index is 12.6. The topological polar surface area (TPSA) is 3.24 Å². The molecule has 0 rings (SSSR count). The predicted octanol–water partition coefficient (Wildman–Crippen LogP) is 5.50. The maximum absolute atomic E-state index is 12.6. The fourth-order valence-corrected chi connectivity index (χ4v) is 1.98. The minimum atomic E-state index is -9.67. The summed E-state index contributed by atoms with van der Waals surface area (Å²) in [7, 11) is -6.05. The molecule has 0 spiro atoms. The average molecular weight is 305 g/mol. The molecule has 7 heteroatoms. The summed E-state index contributed by atoms with van der Waals surface area (Å²) in [4.78, 5) is -0.131. The van der Waals surface area contributed by atoms with Crippen LogP contribution in [0.25, 0.3) is 0 Å². The van der Waals surface area contributed by atoms with Gasteiger partial charge in [0.2, 0.25) is 0 Å². The molecule has 0 saturated heterocycles. The summed E-state index contributed by atoms with van der Waals surface area (Å²) < 4.78 is 63.1. The lowest BCUT2D eigenvalue weighted by Crippen LogP contribution is -2.16. The monoisotopic (exact) mass is 305 g/mol. The fraction of sp³-hybridized carbons (Fsp3) is 0.500. The lowest BCUT2D eigenvalue weighted by atomic mass is 9.98. The zero-order valence-corrected chi connectivity index (χ0v) is 12.1. The van der Waals surface area contributed by atoms with E-state index in [0.717, 1.165) is 0 Å². The van der Waals surface area contributed by atoms with E-state index < -0.39 is 15.1 Å². The number of hydrogen-bond acceptors (Lipinski definition) is 1. The highest BCUT2D eigenvalue weighted by Gasteiger charge is 2.66. The van der Waals surface area contributed by atoms with Crippen molar-refractivity contribution in [3.63, 3.8) is 0 Å². The van der Waals surface area contributed by atoms with Crippen LogP contribution in [0.3, 0.4) is 0 Å². The lowest BCUT2D eigenvalue weighted by molar-refractivity contribution is 0.375. The van der Waals surface area contributed by atoms with Gasteiger partial charge >= 0.3 is 10.2 Å². The Balaban J connectivity index is 5.13. The molecule has 0 aromatic carbocycles. The summed E-state index contributed by atoms with van der Waals surface area (Å²) >= 11 is 0. The Kier molecular flexibility index (Phi) is 4.72. The first kappa shape index (κ1) is 18.2. The van der Waals surface area contributed by atoms with Gasteiger partial charge in [0.15, 0.2) is 0 Å². The first-order chi connectivity index (χ1) is 8.17. The third kappa shape index (κ3) is 6.77. The van der Waals surface area contributed by atoms with Crippen molar-refractivity contribution in [2.45, 2.75) is 13.3 Å². The van der Waals surface area contributed by atoms with Crippen molar-refractivity contribution in [3.05, 3.63) is 35.8 Å². The smallest absolute Gasteiger partial charge is 0.309 e. The number of rotatable bonds is 7. The molecule has 0 aromatic rings. The Labute approximate surface area is 111 Å². The highest BCUT2D eigenvalue weighted by atomic mass is 32.5. The van der Waals surface area contributed by atoms with Crippen molar-refractivity contribution in [3.8, 4) is 0 Å². The molecule has 0 fully saturated rings. The third-order valence-electron chi connectivity index (χ3n) is 2.62. The highest BCUT2D eigenvalue weighted by molar-refractivity contribution is 8.48. The van der Waals surface area contributed by atoms with Gasteiger partial charge in [-0.1, -0.05) is 45.1 Å². The van der Waals surface area contributed by atoms with Gasteiger partial charge in [0.05, 0.1) is 0 Å². The van der Waals surface area contributed by atoms with Crippen molar-refractivity contribution in [2.75, 3.05) is 20.6 Å². The van der Waals surface area contributed by atoms with Gasteiger partial charge in [0.1, 0.15) is 4.91 Å². The Hall–Kier alpha value is -0.820. The molecule has 114 valence electrons. The molecule has 0 aromatic heterocycles. The molecule has 1 atom stereocenters. The number of allylic oxidation sites excluding steroid dienone is 3. The standard InChI is InChI=1S/C12H20F5NS/c1-6-12(19(13,14,15,16)17)9-11(3)10(2)7-8-18(4)5/h6,9-10H,1,3,7-8H2,2,4-5H3/b12-9+. The first-order valence-electron chi connectivity index (χ1n) is 5.59. The van der Waals surface area contributed by atoms with Crippen molar-refractivity contribution < 1.29 is 19.4 Å². The molecule has 1 nitrogen and oxygen atoms in total. The molecule has 0 aliphatic rings. The predicted molar refractivity (Wildman–Crippen MR) is 72.9 cm³/mol. The molecule has 0 aliphatic heterocycles. The molecule has 1 unspecified atom stereocenters. The summed E-state index contributed by atoms with van der Waals surface area (Å²) in [6.07, 6.45) is 1.08. The van der Waals surface area contributed by atoms with Gasteiger partial charge < -0.3 is 4.90 Å². The van der Waals surface area contributed by atoms with E-state index >= 15 is 0 Å². The van der Waals surface area contributed by atoms with Crippen LogP contribution in [0, 0.1) is 5.92 Å². The van der Waals surface area contributed by atoms with Gasteiger partial charge in [-0.15, -0.1) is 0 Å². The van der Waals surface area contributed by atoms with E-state index in [1.165, 1.54) is 0 Å². The van der Waals surface area contributed by atoms with Gasteiger partial charge in [-0.25, -0.2) is 0 Å². The van der Waals surface area contributed by atoms with Gasteiger partial charge in [-0.2, -0.15) is 0 Å². The van der Waals surface area contributed by atoms with Crippen LogP contribution in [-0.2, 0) is 0 Å². The van der Waals surface area contributed by atoms with Crippen LogP contribution in [-0.4, -0.2) is 25.5 Å². The Bertz CT molecular complexity index is 393. The normalized spacial score (nSPS) is 18.7. The Morgan fingerprint density at radius 1 is 1.21 bits per heavy atom. The van der Waals surface area contributed by atoms with Crippen molar-refractivity contribution in [2.24, 2.45) is 5.92 Å². The van der Waals surface area contributed by atoms with E-state index in [0.29, 0.717) is 19.0 Å². The zero-order chi connectivity index (χ0) is 15.5. The van der Waals surface area contributed by atoms with Gasteiger partial charge in [-0.3, -0.25) is 0 Å². The summed E-state index contributed by atoms with van der Waals surface area (Å²) in [5.74, 6) is -0.322. The summed E-state index contributed by atoms with van der Waals surface area (Å²) in [5, 5.41) is 0. The van der Waals surface area contributed by atoms with Crippen molar-refractivity contribution in [1.29, 1.82) is 0 Å². The van der Waals surface area contributed by atoms with E-state index in [9.17, 15) is 19.4 Å². The second kappa shape index (κ2) is 4.94. The molecule has 0 aliphatic carbocycles. The molecule has 0 radical (unpaired) electrons. The van der Waals surface area contributed by atoms with Crippen LogP contribution in [0.5, 0.6) is 0 Å². The average Bonchev–Trinajstić information content (AvgIpc) is 2.17. The van der Waals surface area contributed by atoms with E-state index in [2.05, 4.69) is 13.2 Å². The Morgan fingerprint density at radius 2 is 1.68 bits per heavy atom. The Morgan fingerprint density at radius 3 is 2.00 bits per heavy atom. The summed E-state index contributed by atoms with van der Waals surface area (Å²) in [6, 6.07) is 0. The third-order valence-corrected chi connectivity index (χ3v) is 3.79. The minimum Gasteiger partial charge on any atom is -0.309 e. The molecule has 0 saturated carbocycles. The molecule has 0 amide bonds. The minimum absolute atomic E-state index is 0.0185. The largest absolute Gasteiger partial charge is 0.310 e. The van der Waals surface area contributed by atoms with Gasteiger partial charge in [0.25, 0.3) is 0 Å². The van der Waals surface area contributed by atoms with Gasteiger partial charge in [0, 0.05) is 0 Å². The molecule has 19 heavy (non-hydrogen) atoms. The summed E-state index contributed by atoms with van der Waals surface area (Å²) in [5.41, 5.74) is 0.0185. The van der Waals surface area contributed by atoms with Crippen molar-refractivity contribution >= 4 is 10.2 Å². The summed E-state index contributed by atoms with van der Waals surface area (Å²) in [6.45, 7) is 8.54. The van der Waals surface area contributed by atoms with Crippen LogP contribution in [0.2, 0.25) is 0 Å². The molecular weight excluding hydrogens is 285 g/mol. The van der Waals surface area contributed by atoms with E-state index in [1.54, 1.807) is 6.92 Å².